The van der Waals surface area contributed by atoms with Crippen molar-refractivity contribution in [3.63, 3.8) is 0 Å². The number of carbonyl (C=O) groups is 1. The summed E-state index contributed by atoms with van der Waals surface area (Å²) in [5, 5.41) is 0. The quantitative estimate of drug-likeness (QED) is 0.274. The van der Waals surface area contributed by atoms with E-state index in [2.05, 4.69) is 64.5 Å². The second kappa shape index (κ2) is 10.2. The monoisotopic (exact) mass is 380 g/mol. The lowest BCUT2D eigenvalue weighted by atomic mass is 10.5. The highest BCUT2D eigenvalue weighted by Gasteiger charge is 2.43. The van der Waals surface area contributed by atoms with Crippen LogP contribution in [-0.2, 0) is 9.47 Å². The first-order valence-electron chi connectivity index (χ1n) is 8.34. The second-order valence-electron chi connectivity index (χ2n) is 6.73. The maximum atomic E-state index is 11.1. The highest BCUT2D eigenvalue weighted by atomic mass is 28.4. The Labute approximate surface area is 154 Å². The molecule has 0 atom stereocenters. The Morgan fingerprint density at radius 1 is 1.08 bits per heavy atom. The molecule has 0 aromatic carbocycles. The van der Waals surface area contributed by atoms with Crippen LogP contribution in [0.5, 0.6) is 0 Å². The van der Waals surface area contributed by atoms with Crippen LogP contribution >= 0.6 is 0 Å². The van der Waals surface area contributed by atoms with Gasteiger partial charge in [0.15, 0.2) is 0 Å². The fourth-order valence-corrected chi connectivity index (χ4v) is 12.0. The summed E-state index contributed by atoms with van der Waals surface area (Å²) in [6.45, 7) is 24.0. The van der Waals surface area contributed by atoms with Crippen molar-refractivity contribution in [2.24, 2.45) is 0 Å². The van der Waals surface area contributed by atoms with Crippen molar-refractivity contribution in [2.45, 2.75) is 56.4 Å². The minimum absolute atomic E-state index is 0.149. The molecule has 0 aliphatic carbocycles. The molecule has 0 saturated carbocycles. The van der Waals surface area contributed by atoms with Gasteiger partial charge in [0.2, 0.25) is 0 Å². The molecule has 0 aromatic heterocycles. The van der Waals surface area contributed by atoms with Gasteiger partial charge in [-0.2, -0.15) is 0 Å². The van der Waals surface area contributed by atoms with Crippen molar-refractivity contribution in [3.8, 4) is 0 Å². The number of hydrogen-bond acceptors (Lipinski definition) is 3. The van der Waals surface area contributed by atoms with Gasteiger partial charge in [-0.1, -0.05) is 55.5 Å². The average Bonchev–Trinajstić information content (AvgIpc) is 2.48. The highest BCUT2D eigenvalue weighted by Crippen LogP contribution is 2.44. The molecule has 0 aliphatic heterocycles. The van der Waals surface area contributed by atoms with Crippen LogP contribution in [0.1, 0.15) is 41.0 Å². The van der Waals surface area contributed by atoms with Crippen LogP contribution in [-0.4, -0.2) is 46.5 Å². The van der Waals surface area contributed by atoms with Gasteiger partial charge in [-0.25, -0.2) is 4.79 Å². The van der Waals surface area contributed by atoms with Gasteiger partial charge in [0.05, 0.1) is 13.2 Å². The Morgan fingerprint density at radius 2 is 1.62 bits per heavy atom. The first-order chi connectivity index (χ1) is 11.1. The van der Waals surface area contributed by atoms with Crippen molar-refractivity contribution >= 4 is 33.3 Å². The van der Waals surface area contributed by atoms with E-state index < -0.39 is 14.2 Å². The van der Waals surface area contributed by atoms with Gasteiger partial charge in [-0.05, 0) is 18.0 Å². The predicted octanol–water partition coefficient (Wildman–Crippen LogP) is 4.89. The first-order valence-corrected chi connectivity index (χ1v) is 12.8. The van der Waals surface area contributed by atoms with Crippen molar-refractivity contribution in [3.05, 3.63) is 36.8 Å². The molecule has 24 heavy (non-hydrogen) atoms. The maximum absolute atomic E-state index is 11.1. The molecule has 3 nitrogen and oxygen atoms in total. The SMILES string of the molecule is C=C[Si](C=C)(C=C)C(C)(C)[Si]C(C)(C)[Si]CCCOC(=O)OCC. The lowest BCUT2D eigenvalue weighted by Gasteiger charge is -2.43. The third-order valence-corrected chi connectivity index (χ3v) is 13.6. The molecule has 0 aromatic rings. The van der Waals surface area contributed by atoms with Crippen molar-refractivity contribution < 1.29 is 14.3 Å². The molecule has 0 fully saturated rings. The summed E-state index contributed by atoms with van der Waals surface area (Å²) in [7, 11) is -0.298. The van der Waals surface area contributed by atoms with Gasteiger partial charge < -0.3 is 9.47 Å². The summed E-state index contributed by atoms with van der Waals surface area (Å²) in [5.41, 5.74) is 6.27. The summed E-state index contributed by atoms with van der Waals surface area (Å²) in [6, 6.07) is 1.06. The third-order valence-electron chi connectivity index (χ3n) is 4.09. The van der Waals surface area contributed by atoms with Crippen LogP contribution in [0, 0.1) is 0 Å². The molecule has 0 unspecified atom stereocenters. The molecular weight excluding hydrogens is 348 g/mol. The molecule has 0 N–H and O–H groups in total. The maximum Gasteiger partial charge on any atom is 0.508 e. The van der Waals surface area contributed by atoms with Crippen LogP contribution in [0.4, 0.5) is 4.79 Å². The fourth-order valence-electron chi connectivity index (χ4n) is 2.74. The van der Waals surface area contributed by atoms with E-state index in [0.717, 1.165) is 31.5 Å². The standard InChI is InChI=1S/C18H32O3Si3/c1-9-20-16(19)21-14-13-15-22-17(5,6)23-18(7,8)24(10-2,11-3)12-4/h10-12H,2-4,9,13-15H2,1,5-8H3. The predicted molar refractivity (Wildman–Crippen MR) is 108 cm³/mol. The molecule has 0 amide bonds. The Hall–Kier alpha value is -0.859. The van der Waals surface area contributed by atoms with Gasteiger partial charge in [-0.15, -0.1) is 19.7 Å². The van der Waals surface area contributed by atoms with E-state index in [0.29, 0.717) is 13.2 Å². The van der Waals surface area contributed by atoms with Crippen molar-refractivity contribution in [1.82, 2.24) is 0 Å². The number of ether oxygens (including phenoxy) is 2. The zero-order valence-electron chi connectivity index (χ0n) is 15.9. The van der Waals surface area contributed by atoms with E-state index in [1.54, 1.807) is 6.92 Å². The van der Waals surface area contributed by atoms with E-state index in [4.69, 9.17) is 9.47 Å². The zero-order valence-corrected chi connectivity index (χ0v) is 18.9. The molecule has 134 valence electrons. The van der Waals surface area contributed by atoms with Gasteiger partial charge in [0.25, 0.3) is 0 Å². The summed E-state index contributed by atoms with van der Waals surface area (Å²) < 4.78 is 10.2. The molecule has 6 heteroatoms. The minimum atomic E-state index is -1.91. The summed E-state index contributed by atoms with van der Waals surface area (Å²) >= 11 is 0. The van der Waals surface area contributed by atoms with Crippen LogP contribution in [0.2, 0.25) is 15.4 Å². The average molecular weight is 381 g/mol. The Kier molecular flexibility index (Phi) is 9.84. The van der Waals surface area contributed by atoms with E-state index >= 15 is 0 Å². The van der Waals surface area contributed by atoms with Crippen LogP contribution in [0.25, 0.3) is 0 Å². The van der Waals surface area contributed by atoms with Crippen molar-refractivity contribution in [1.29, 1.82) is 0 Å². The molecule has 0 heterocycles. The van der Waals surface area contributed by atoms with Gasteiger partial charge in [0.1, 0.15) is 8.07 Å². The topological polar surface area (TPSA) is 35.5 Å². The first kappa shape index (κ1) is 23.1. The van der Waals surface area contributed by atoms with E-state index in [1.807, 2.05) is 0 Å². The number of carbonyl (C=O) groups excluding carboxylic acids is 1. The summed E-state index contributed by atoms with van der Waals surface area (Å²) in [4.78, 5) is 11.1. The minimum Gasteiger partial charge on any atom is -0.435 e. The smallest absolute Gasteiger partial charge is 0.435 e. The van der Waals surface area contributed by atoms with Crippen LogP contribution in [0.3, 0.4) is 0 Å². The summed E-state index contributed by atoms with van der Waals surface area (Å²) in [6.07, 6.45) is 0.306. The lowest BCUT2D eigenvalue weighted by Crippen LogP contribution is -2.47. The largest absolute Gasteiger partial charge is 0.508 e. The molecule has 0 aliphatic rings. The normalized spacial score (nSPS) is 12.4. The Morgan fingerprint density at radius 3 is 2.08 bits per heavy atom. The molecular formula is C18H32O3Si3. The van der Waals surface area contributed by atoms with Gasteiger partial charge in [0, 0.05) is 19.0 Å². The molecule has 0 spiro atoms. The fraction of sp³-hybridized carbons (Fsp3) is 0.611. The number of rotatable bonds is 12. The third kappa shape index (κ3) is 6.94. The Balaban J connectivity index is 4.52. The van der Waals surface area contributed by atoms with Gasteiger partial charge in [-0.3, -0.25) is 0 Å². The van der Waals surface area contributed by atoms with E-state index in [1.165, 1.54) is 0 Å². The molecule has 0 bridgehead atoms. The number of hydrogen-bond donors (Lipinski definition) is 0. The second-order valence-corrected chi connectivity index (χ2v) is 16.9. The van der Waals surface area contributed by atoms with E-state index in [9.17, 15) is 4.79 Å². The Bertz CT molecular complexity index is 423. The lowest BCUT2D eigenvalue weighted by molar-refractivity contribution is 0.0592. The van der Waals surface area contributed by atoms with Crippen molar-refractivity contribution in [2.75, 3.05) is 13.2 Å². The van der Waals surface area contributed by atoms with Crippen LogP contribution in [0.15, 0.2) is 36.8 Å². The van der Waals surface area contributed by atoms with Gasteiger partial charge >= 0.3 is 6.16 Å². The molecule has 4 radical (unpaired) electrons. The highest BCUT2D eigenvalue weighted by molar-refractivity contribution is 7.01. The van der Waals surface area contributed by atoms with E-state index in [-0.39, 0.29) is 9.32 Å². The zero-order chi connectivity index (χ0) is 18.9. The molecule has 0 rings (SSSR count). The summed E-state index contributed by atoms with van der Waals surface area (Å²) in [5.74, 6) is 0. The molecule has 0 saturated heterocycles. The van der Waals surface area contributed by atoms with Crippen LogP contribution < -0.4 is 0 Å².